The number of hydrogen-bond donors (Lipinski definition) is 2. The number of nitrogens with zero attached hydrogens (tertiary/aromatic N) is 1. The molecule has 1 saturated heterocycles. The second-order valence-corrected chi connectivity index (χ2v) is 5.33. The Labute approximate surface area is 120 Å². The second-order valence-electron chi connectivity index (χ2n) is 5.33. The fraction of sp³-hybridized carbons (Fsp3) is 0.600. The first-order valence-corrected chi connectivity index (χ1v) is 7.14. The highest BCUT2D eigenvalue weighted by Gasteiger charge is 2.18. The molecule has 0 radical (unpaired) electrons. The third-order valence-corrected chi connectivity index (χ3v) is 3.31. The van der Waals surface area contributed by atoms with Gasteiger partial charge in [0.15, 0.2) is 0 Å². The van der Waals surface area contributed by atoms with Crippen molar-refractivity contribution < 1.29 is 14.6 Å². The summed E-state index contributed by atoms with van der Waals surface area (Å²) in [6.07, 6.45) is 0.717. The quantitative estimate of drug-likeness (QED) is 0.791. The van der Waals surface area contributed by atoms with Crippen LogP contribution in [0.3, 0.4) is 0 Å². The average molecular weight is 280 g/mol. The molecule has 1 aromatic rings. The fourth-order valence-electron chi connectivity index (χ4n) is 2.39. The van der Waals surface area contributed by atoms with E-state index in [0.717, 1.165) is 26.1 Å². The zero-order valence-corrected chi connectivity index (χ0v) is 12.0. The fourth-order valence-corrected chi connectivity index (χ4v) is 2.39. The van der Waals surface area contributed by atoms with Crippen LogP contribution in [-0.2, 0) is 4.74 Å². The van der Waals surface area contributed by atoms with Gasteiger partial charge in [0.1, 0.15) is 18.5 Å². The molecule has 5 nitrogen and oxygen atoms in total. The Morgan fingerprint density at radius 3 is 3.20 bits per heavy atom. The van der Waals surface area contributed by atoms with Gasteiger partial charge in [-0.2, -0.15) is 0 Å². The van der Waals surface area contributed by atoms with Gasteiger partial charge in [-0.05, 0) is 25.5 Å². The van der Waals surface area contributed by atoms with E-state index in [4.69, 9.17) is 15.2 Å². The Morgan fingerprint density at radius 1 is 1.55 bits per heavy atom. The minimum absolute atomic E-state index is 0.222. The predicted molar refractivity (Wildman–Crippen MR) is 78.8 cm³/mol. The molecule has 1 fully saturated rings. The van der Waals surface area contributed by atoms with Crippen LogP contribution in [0.5, 0.6) is 5.75 Å². The first-order valence-electron chi connectivity index (χ1n) is 7.14. The Bertz CT molecular complexity index is 414. The summed E-state index contributed by atoms with van der Waals surface area (Å²) in [6, 6.07) is 7.24. The lowest BCUT2D eigenvalue weighted by Gasteiger charge is -2.24. The molecule has 0 aliphatic carbocycles. The zero-order valence-electron chi connectivity index (χ0n) is 12.0. The molecule has 2 unspecified atom stereocenters. The van der Waals surface area contributed by atoms with E-state index in [1.807, 2.05) is 18.2 Å². The number of anilines is 1. The van der Waals surface area contributed by atoms with E-state index in [-0.39, 0.29) is 12.7 Å². The summed E-state index contributed by atoms with van der Waals surface area (Å²) in [6.45, 7) is 5.56. The Morgan fingerprint density at radius 2 is 2.40 bits per heavy atom. The number of ether oxygens (including phenoxy) is 2. The van der Waals surface area contributed by atoms with Gasteiger partial charge in [-0.3, -0.25) is 4.90 Å². The van der Waals surface area contributed by atoms with Gasteiger partial charge in [0.25, 0.3) is 0 Å². The summed E-state index contributed by atoms with van der Waals surface area (Å²) in [5.41, 5.74) is 6.34. The zero-order chi connectivity index (χ0) is 14.4. The average Bonchev–Trinajstić information content (AvgIpc) is 2.61. The van der Waals surface area contributed by atoms with Crippen molar-refractivity contribution in [2.75, 3.05) is 38.6 Å². The highest BCUT2D eigenvalue weighted by molar-refractivity contribution is 5.43. The maximum Gasteiger partial charge on any atom is 0.121 e. The molecular formula is C15H24N2O3. The first kappa shape index (κ1) is 15.1. The van der Waals surface area contributed by atoms with Gasteiger partial charge in [0.05, 0.1) is 6.10 Å². The van der Waals surface area contributed by atoms with Gasteiger partial charge in [0.2, 0.25) is 0 Å². The number of hydrogen-bond acceptors (Lipinski definition) is 5. The monoisotopic (exact) mass is 280 g/mol. The Hall–Kier alpha value is -1.30. The number of aliphatic hydroxyl groups is 1. The third-order valence-electron chi connectivity index (χ3n) is 3.31. The largest absolute Gasteiger partial charge is 0.491 e. The number of β-amino-alcohol motifs (C(OH)–C–C–N with tert-alkyl or cyclic N) is 1. The summed E-state index contributed by atoms with van der Waals surface area (Å²) >= 11 is 0. The molecule has 2 atom stereocenters. The molecule has 0 spiro atoms. The Balaban J connectivity index is 1.75. The van der Waals surface area contributed by atoms with Crippen molar-refractivity contribution in [2.45, 2.75) is 25.6 Å². The van der Waals surface area contributed by atoms with Gasteiger partial charge >= 0.3 is 0 Å². The van der Waals surface area contributed by atoms with Gasteiger partial charge in [-0.25, -0.2) is 0 Å². The molecule has 1 heterocycles. The molecule has 20 heavy (non-hydrogen) atoms. The van der Waals surface area contributed by atoms with Crippen molar-refractivity contribution in [3.63, 3.8) is 0 Å². The summed E-state index contributed by atoms with van der Waals surface area (Å²) in [4.78, 5) is 2.23. The van der Waals surface area contributed by atoms with Crippen molar-refractivity contribution in [2.24, 2.45) is 0 Å². The number of aliphatic hydroxyl groups excluding tert-OH is 1. The van der Waals surface area contributed by atoms with Crippen LogP contribution in [0.2, 0.25) is 0 Å². The van der Waals surface area contributed by atoms with Crippen molar-refractivity contribution >= 4 is 5.69 Å². The summed E-state index contributed by atoms with van der Waals surface area (Å²) in [7, 11) is 0. The molecule has 0 aromatic heterocycles. The lowest BCUT2D eigenvalue weighted by Crippen LogP contribution is -2.38. The lowest BCUT2D eigenvalue weighted by atomic mass is 10.3. The smallest absolute Gasteiger partial charge is 0.121 e. The molecule has 1 aliphatic rings. The normalized spacial score (nSPS) is 22.2. The van der Waals surface area contributed by atoms with E-state index in [0.29, 0.717) is 18.0 Å². The number of rotatable bonds is 5. The third kappa shape index (κ3) is 5.00. The van der Waals surface area contributed by atoms with Crippen LogP contribution in [0.25, 0.3) is 0 Å². The van der Waals surface area contributed by atoms with Crippen molar-refractivity contribution in [1.29, 1.82) is 0 Å². The van der Waals surface area contributed by atoms with E-state index in [2.05, 4.69) is 11.8 Å². The molecule has 0 bridgehead atoms. The summed E-state index contributed by atoms with van der Waals surface area (Å²) in [5.74, 6) is 0.691. The molecule has 1 aromatic carbocycles. The van der Waals surface area contributed by atoms with Crippen molar-refractivity contribution in [1.82, 2.24) is 4.90 Å². The van der Waals surface area contributed by atoms with Crippen LogP contribution >= 0.6 is 0 Å². The maximum atomic E-state index is 10.1. The lowest BCUT2D eigenvalue weighted by molar-refractivity contribution is 0.0440. The van der Waals surface area contributed by atoms with Crippen molar-refractivity contribution in [3.8, 4) is 5.75 Å². The van der Waals surface area contributed by atoms with Gasteiger partial charge < -0.3 is 20.3 Å². The van der Waals surface area contributed by atoms with Crippen LogP contribution in [0, 0.1) is 0 Å². The van der Waals surface area contributed by atoms with Crippen LogP contribution < -0.4 is 10.5 Å². The van der Waals surface area contributed by atoms with Crippen molar-refractivity contribution in [3.05, 3.63) is 24.3 Å². The van der Waals surface area contributed by atoms with Crippen LogP contribution in [0.15, 0.2) is 24.3 Å². The van der Waals surface area contributed by atoms with Crippen LogP contribution in [-0.4, -0.2) is 55.1 Å². The molecule has 5 heteroatoms. The highest BCUT2D eigenvalue weighted by Crippen LogP contribution is 2.15. The second kappa shape index (κ2) is 7.47. The predicted octanol–water partition coefficient (Wildman–Crippen LogP) is 1.12. The molecule has 1 aliphatic heterocycles. The Kier molecular flexibility index (Phi) is 5.64. The van der Waals surface area contributed by atoms with E-state index in [1.54, 1.807) is 6.07 Å². The summed E-state index contributed by atoms with van der Waals surface area (Å²) < 4.78 is 11.1. The number of benzene rings is 1. The molecule has 0 amide bonds. The number of nitrogens with two attached hydrogens (primary N) is 1. The van der Waals surface area contributed by atoms with Gasteiger partial charge in [-0.15, -0.1) is 0 Å². The van der Waals surface area contributed by atoms with Crippen LogP contribution in [0.1, 0.15) is 13.3 Å². The minimum Gasteiger partial charge on any atom is -0.491 e. The first-order chi connectivity index (χ1) is 9.63. The van der Waals surface area contributed by atoms with E-state index in [1.165, 1.54) is 0 Å². The molecule has 3 N–H and O–H groups in total. The highest BCUT2D eigenvalue weighted by atomic mass is 16.5. The standard InChI is InChI=1S/C15H24N2O3/c1-12-9-17(6-3-7-19-12)10-14(18)11-20-15-5-2-4-13(16)8-15/h2,4-5,8,12,14,18H,3,6-7,9-11,16H2,1H3. The van der Waals surface area contributed by atoms with Crippen LogP contribution in [0.4, 0.5) is 5.69 Å². The molecule has 112 valence electrons. The summed E-state index contributed by atoms with van der Waals surface area (Å²) in [5, 5.41) is 10.1. The van der Waals surface area contributed by atoms with E-state index in [9.17, 15) is 5.11 Å². The van der Waals surface area contributed by atoms with E-state index >= 15 is 0 Å². The van der Waals surface area contributed by atoms with Gasteiger partial charge in [0, 0.05) is 38.0 Å². The molecule has 2 rings (SSSR count). The van der Waals surface area contributed by atoms with E-state index < -0.39 is 6.10 Å². The molecule has 0 saturated carbocycles. The minimum atomic E-state index is -0.512. The maximum absolute atomic E-state index is 10.1. The molecular weight excluding hydrogens is 256 g/mol. The van der Waals surface area contributed by atoms with Gasteiger partial charge in [-0.1, -0.05) is 6.07 Å². The SMILES string of the molecule is CC1CN(CC(O)COc2cccc(N)c2)CCCO1. The number of nitrogen functional groups attached to an aromatic ring is 1. The topological polar surface area (TPSA) is 68.0 Å².